The summed E-state index contributed by atoms with van der Waals surface area (Å²) in [5, 5.41) is 10.3. The van der Waals surface area contributed by atoms with Gasteiger partial charge in [-0.15, -0.1) is 11.3 Å². The molecule has 0 aromatic carbocycles. The number of rotatable bonds is 4. The average Bonchev–Trinajstić information content (AvgIpc) is 2.97. The van der Waals surface area contributed by atoms with E-state index in [0.29, 0.717) is 12.8 Å². The van der Waals surface area contributed by atoms with Crippen LogP contribution in [0, 0.1) is 5.92 Å². The first kappa shape index (κ1) is 15.9. The minimum Gasteiger partial charge on any atom is -0.481 e. The van der Waals surface area contributed by atoms with Crippen LogP contribution in [0.2, 0.25) is 0 Å². The van der Waals surface area contributed by atoms with E-state index >= 15 is 0 Å². The van der Waals surface area contributed by atoms with E-state index in [1.165, 1.54) is 22.9 Å². The zero-order chi connectivity index (χ0) is 15.6. The molecule has 0 aliphatic carbocycles. The van der Waals surface area contributed by atoms with Gasteiger partial charge in [-0.2, -0.15) is 4.31 Å². The zero-order valence-corrected chi connectivity index (χ0v) is 12.9. The van der Waals surface area contributed by atoms with Gasteiger partial charge in [0.15, 0.2) is 0 Å². The monoisotopic (exact) mass is 333 g/mol. The molecule has 1 aromatic heterocycles. The molecule has 0 unspecified atom stereocenters. The lowest BCUT2D eigenvalue weighted by atomic mass is 9.99. The number of aliphatic carboxylic acids is 1. The second-order valence-electron chi connectivity index (χ2n) is 4.65. The molecule has 1 fully saturated rings. The minimum atomic E-state index is -3.69. The van der Waals surface area contributed by atoms with Crippen LogP contribution in [0.25, 0.3) is 0 Å². The number of carbonyl (C=O) groups is 2. The normalized spacial score (nSPS) is 17.6. The third kappa shape index (κ3) is 3.25. The molecule has 2 rings (SSSR count). The fraction of sp³-hybridized carbons (Fsp3) is 0.500. The van der Waals surface area contributed by atoms with Crippen LogP contribution in [-0.2, 0) is 19.6 Å². The fourth-order valence-electron chi connectivity index (χ4n) is 2.15. The van der Waals surface area contributed by atoms with Crippen LogP contribution in [0.15, 0.2) is 16.3 Å². The summed E-state index contributed by atoms with van der Waals surface area (Å²) >= 11 is 1.00. The Balaban J connectivity index is 2.14. The summed E-state index contributed by atoms with van der Waals surface area (Å²) in [7, 11) is -2.46. The molecule has 0 radical (unpaired) electrons. The van der Waals surface area contributed by atoms with Crippen LogP contribution in [-0.4, -0.2) is 50.0 Å². The molecule has 0 amide bonds. The van der Waals surface area contributed by atoms with Crippen LogP contribution < -0.4 is 0 Å². The minimum absolute atomic E-state index is 0.0432. The zero-order valence-electron chi connectivity index (χ0n) is 11.3. The van der Waals surface area contributed by atoms with Crippen LogP contribution >= 0.6 is 11.3 Å². The number of hydrogen-bond donors (Lipinski definition) is 1. The number of carboxylic acids is 1. The van der Waals surface area contributed by atoms with Gasteiger partial charge < -0.3 is 9.84 Å². The highest BCUT2D eigenvalue weighted by molar-refractivity contribution is 7.89. The predicted octanol–water partition coefficient (Wildman–Crippen LogP) is 1.02. The molecule has 1 aliphatic heterocycles. The lowest BCUT2D eigenvalue weighted by molar-refractivity contribution is -0.142. The lowest BCUT2D eigenvalue weighted by Crippen LogP contribution is -2.40. The van der Waals surface area contributed by atoms with Crippen molar-refractivity contribution in [1.29, 1.82) is 0 Å². The molecule has 0 spiro atoms. The van der Waals surface area contributed by atoms with Gasteiger partial charge in [0, 0.05) is 18.5 Å². The smallest absolute Gasteiger partial charge is 0.348 e. The molecule has 1 saturated heterocycles. The highest BCUT2D eigenvalue weighted by Crippen LogP contribution is 2.27. The molecule has 0 bridgehead atoms. The number of methoxy groups -OCH3 is 1. The molecule has 2 heterocycles. The van der Waals surface area contributed by atoms with Gasteiger partial charge in [0.2, 0.25) is 10.0 Å². The molecule has 9 heteroatoms. The number of carbonyl (C=O) groups excluding carboxylic acids is 1. The summed E-state index contributed by atoms with van der Waals surface area (Å²) in [6, 6.07) is 1.29. The van der Waals surface area contributed by atoms with Crippen molar-refractivity contribution >= 4 is 33.3 Å². The van der Waals surface area contributed by atoms with Crippen LogP contribution in [0.4, 0.5) is 0 Å². The van der Waals surface area contributed by atoms with Gasteiger partial charge in [0.25, 0.3) is 0 Å². The van der Waals surface area contributed by atoms with Crippen LogP contribution in [0.5, 0.6) is 0 Å². The number of thiophene rings is 1. The Labute approximate surface area is 126 Å². The molecule has 1 N–H and O–H groups in total. The van der Waals surface area contributed by atoms with E-state index in [2.05, 4.69) is 4.74 Å². The van der Waals surface area contributed by atoms with Crippen LogP contribution in [0.3, 0.4) is 0 Å². The Bertz CT molecular complexity index is 642. The molecular formula is C12H15NO6S2. The average molecular weight is 333 g/mol. The maximum absolute atomic E-state index is 12.4. The van der Waals surface area contributed by atoms with Gasteiger partial charge in [-0.3, -0.25) is 4.79 Å². The van der Waals surface area contributed by atoms with E-state index in [-0.39, 0.29) is 22.9 Å². The highest BCUT2D eigenvalue weighted by atomic mass is 32.2. The van der Waals surface area contributed by atoms with Crippen molar-refractivity contribution in [2.75, 3.05) is 20.2 Å². The van der Waals surface area contributed by atoms with Gasteiger partial charge in [0.1, 0.15) is 4.88 Å². The maximum Gasteiger partial charge on any atom is 0.348 e. The van der Waals surface area contributed by atoms with E-state index in [4.69, 9.17) is 5.11 Å². The third-order valence-electron chi connectivity index (χ3n) is 3.40. The molecular weight excluding hydrogens is 318 g/mol. The maximum atomic E-state index is 12.4. The number of esters is 1. The second kappa shape index (κ2) is 6.12. The summed E-state index contributed by atoms with van der Waals surface area (Å²) in [6.45, 7) is 0.339. The first-order valence-electron chi connectivity index (χ1n) is 6.26. The number of hydrogen-bond acceptors (Lipinski definition) is 6. The lowest BCUT2D eigenvalue weighted by Gasteiger charge is -2.28. The summed E-state index contributed by atoms with van der Waals surface area (Å²) in [4.78, 5) is 22.5. The van der Waals surface area contributed by atoms with Crippen molar-refractivity contribution < 1.29 is 27.9 Å². The van der Waals surface area contributed by atoms with Crippen molar-refractivity contribution in [3.63, 3.8) is 0 Å². The van der Waals surface area contributed by atoms with Crippen molar-refractivity contribution in [2.45, 2.75) is 17.7 Å². The van der Waals surface area contributed by atoms with E-state index in [9.17, 15) is 18.0 Å². The standard InChI is InChI=1S/C12H15NO6S2/c1-19-12(16)10-6-9(7-20-10)21(17,18)13-4-2-8(3-5-13)11(14)15/h6-8H,2-5H2,1H3,(H,14,15). The first-order valence-corrected chi connectivity index (χ1v) is 8.58. The van der Waals surface area contributed by atoms with Gasteiger partial charge in [0.05, 0.1) is 17.9 Å². The Hall–Kier alpha value is -1.45. The number of piperidine rings is 1. The van der Waals surface area contributed by atoms with Gasteiger partial charge in [-0.25, -0.2) is 13.2 Å². The molecule has 7 nitrogen and oxygen atoms in total. The molecule has 1 aromatic rings. The molecule has 21 heavy (non-hydrogen) atoms. The summed E-state index contributed by atoms with van der Waals surface area (Å²) in [5.41, 5.74) is 0. The second-order valence-corrected chi connectivity index (χ2v) is 7.50. The van der Waals surface area contributed by atoms with Crippen molar-refractivity contribution in [2.24, 2.45) is 5.92 Å². The Morgan fingerprint density at radius 2 is 2.00 bits per heavy atom. The first-order chi connectivity index (χ1) is 9.86. The van der Waals surface area contributed by atoms with E-state index < -0.39 is 27.9 Å². The van der Waals surface area contributed by atoms with Gasteiger partial charge in [-0.05, 0) is 18.9 Å². The fourth-order valence-corrected chi connectivity index (χ4v) is 4.80. The van der Waals surface area contributed by atoms with E-state index in [1.807, 2.05) is 0 Å². The summed E-state index contributed by atoms with van der Waals surface area (Å²) in [5.74, 6) is -1.97. The quantitative estimate of drug-likeness (QED) is 0.826. The summed E-state index contributed by atoms with van der Waals surface area (Å²) in [6.07, 6.45) is 0.588. The number of ether oxygens (including phenoxy) is 1. The Morgan fingerprint density at radius 1 is 1.38 bits per heavy atom. The molecule has 0 saturated carbocycles. The van der Waals surface area contributed by atoms with Crippen LogP contribution in [0.1, 0.15) is 22.5 Å². The SMILES string of the molecule is COC(=O)c1cc(S(=O)(=O)N2CCC(C(=O)O)CC2)cs1. The van der Waals surface area contributed by atoms with E-state index in [1.54, 1.807) is 0 Å². The predicted molar refractivity (Wildman–Crippen MR) is 74.8 cm³/mol. The third-order valence-corrected chi connectivity index (χ3v) is 6.34. The van der Waals surface area contributed by atoms with Gasteiger partial charge in [-0.1, -0.05) is 0 Å². The van der Waals surface area contributed by atoms with Crippen molar-refractivity contribution in [1.82, 2.24) is 4.31 Å². The van der Waals surface area contributed by atoms with Crippen molar-refractivity contribution in [3.8, 4) is 0 Å². The Morgan fingerprint density at radius 3 is 2.52 bits per heavy atom. The molecule has 0 atom stereocenters. The van der Waals surface area contributed by atoms with Gasteiger partial charge >= 0.3 is 11.9 Å². The molecule has 116 valence electrons. The van der Waals surface area contributed by atoms with Crippen molar-refractivity contribution in [3.05, 3.63) is 16.3 Å². The number of nitrogens with zero attached hydrogens (tertiary/aromatic N) is 1. The largest absolute Gasteiger partial charge is 0.481 e. The Kier molecular flexibility index (Phi) is 4.64. The molecule has 1 aliphatic rings. The topological polar surface area (TPSA) is 101 Å². The van der Waals surface area contributed by atoms with E-state index in [0.717, 1.165) is 11.3 Å². The number of sulfonamides is 1. The number of carboxylic acid groups (broad SMARTS) is 1. The highest BCUT2D eigenvalue weighted by Gasteiger charge is 2.32. The summed E-state index contributed by atoms with van der Waals surface area (Å²) < 4.78 is 30.6.